The Kier molecular flexibility index (Phi) is 11.4. The molecule has 1 aromatic carbocycles. The summed E-state index contributed by atoms with van der Waals surface area (Å²) in [5, 5.41) is 3.52. The fourth-order valence-corrected chi connectivity index (χ4v) is 4.06. The predicted octanol–water partition coefficient (Wildman–Crippen LogP) is 2.76. The van der Waals surface area contributed by atoms with Crippen LogP contribution in [0.25, 0.3) is 0 Å². The maximum Gasteiger partial charge on any atom is 0.203 e. The summed E-state index contributed by atoms with van der Waals surface area (Å²) in [7, 11) is 6.78. The second-order valence-electron chi connectivity index (χ2n) is 7.71. The molecule has 8 nitrogen and oxygen atoms in total. The second-order valence-corrected chi connectivity index (χ2v) is 7.71. The van der Waals surface area contributed by atoms with Gasteiger partial charge >= 0.3 is 0 Å². The van der Waals surface area contributed by atoms with Crippen molar-refractivity contribution in [3.8, 4) is 17.2 Å². The molecule has 0 atom stereocenters. The van der Waals surface area contributed by atoms with Gasteiger partial charge in [0.25, 0.3) is 0 Å². The first-order chi connectivity index (χ1) is 15.2. The Hall–Kier alpha value is -1.72. The molecular formula is C23H37IN4O4. The number of nitrogens with one attached hydrogen (secondary N) is 1. The van der Waals surface area contributed by atoms with Gasteiger partial charge in [-0.15, -0.1) is 24.0 Å². The highest BCUT2D eigenvalue weighted by Gasteiger charge is 2.21. The Morgan fingerprint density at radius 1 is 1.06 bits per heavy atom. The Bertz CT molecular complexity index is 754. The van der Waals surface area contributed by atoms with Crippen LogP contribution in [0.2, 0.25) is 0 Å². The van der Waals surface area contributed by atoms with Crippen LogP contribution in [0.4, 0.5) is 0 Å². The molecule has 0 radical (unpaired) electrons. The maximum atomic E-state index is 5.49. The van der Waals surface area contributed by atoms with Crippen molar-refractivity contribution in [2.75, 3.05) is 74.3 Å². The molecule has 9 heteroatoms. The zero-order chi connectivity index (χ0) is 22.1. The normalized spacial score (nSPS) is 17.3. The van der Waals surface area contributed by atoms with Gasteiger partial charge in [-0.05, 0) is 30.5 Å². The van der Waals surface area contributed by atoms with E-state index in [0.29, 0.717) is 17.2 Å². The number of ether oxygens (including phenoxy) is 4. The topological polar surface area (TPSA) is 67.8 Å². The summed E-state index contributed by atoms with van der Waals surface area (Å²) in [6, 6.07) is 4.05. The number of aliphatic imine (C=N–C) groups is 1. The third kappa shape index (κ3) is 7.14. The predicted molar refractivity (Wildman–Crippen MR) is 138 cm³/mol. The highest BCUT2D eigenvalue weighted by Crippen LogP contribution is 2.38. The van der Waals surface area contributed by atoms with Crippen molar-refractivity contribution < 1.29 is 18.9 Å². The number of methoxy groups -OCH3 is 3. The molecule has 1 saturated heterocycles. The molecule has 0 unspecified atom stereocenters. The van der Waals surface area contributed by atoms with Crippen LogP contribution in [0.5, 0.6) is 17.2 Å². The average molecular weight is 560 g/mol. The Morgan fingerprint density at radius 2 is 1.75 bits per heavy atom. The van der Waals surface area contributed by atoms with Gasteiger partial charge < -0.3 is 29.2 Å². The SMILES string of the molecule is CN=C(NCCC1=CCOCC1)N1CCN(Cc2cc(OC)c(OC)c(OC)c2)CC1.I. The summed E-state index contributed by atoms with van der Waals surface area (Å²) in [6.07, 6.45) is 4.29. The quantitative estimate of drug-likeness (QED) is 0.227. The molecule has 0 saturated carbocycles. The van der Waals surface area contributed by atoms with Gasteiger partial charge in [-0.1, -0.05) is 11.6 Å². The third-order valence-corrected chi connectivity index (χ3v) is 5.80. The van der Waals surface area contributed by atoms with Gasteiger partial charge in [-0.3, -0.25) is 9.89 Å². The van der Waals surface area contributed by atoms with E-state index in [1.54, 1.807) is 21.3 Å². The number of piperazine rings is 1. The molecule has 1 fully saturated rings. The first-order valence-corrected chi connectivity index (χ1v) is 10.9. The van der Waals surface area contributed by atoms with Crippen LogP contribution in [-0.4, -0.2) is 90.1 Å². The molecule has 0 bridgehead atoms. The summed E-state index contributed by atoms with van der Waals surface area (Å²) in [6.45, 7) is 7.17. The van der Waals surface area contributed by atoms with E-state index in [4.69, 9.17) is 18.9 Å². The monoisotopic (exact) mass is 560 g/mol. The molecule has 0 spiro atoms. The summed E-state index contributed by atoms with van der Waals surface area (Å²) in [5.41, 5.74) is 2.62. The van der Waals surface area contributed by atoms with Crippen molar-refractivity contribution in [3.63, 3.8) is 0 Å². The number of rotatable bonds is 8. The van der Waals surface area contributed by atoms with Gasteiger partial charge in [0, 0.05) is 46.3 Å². The second kappa shape index (κ2) is 13.7. The minimum absolute atomic E-state index is 0. The van der Waals surface area contributed by atoms with E-state index in [2.05, 4.69) is 26.2 Å². The van der Waals surface area contributed by atoms with Crippen molar-refractivity contribution in [1.82, 2.24) is 15.1 Å². The maximum absolute atomic E-state index is 5.49. The number of halogens is 1. The minimum atomic E-state index is 0. The van der Waals surface area contributed by atoms with Crippen molar-refractivity contribution in [2.45, 2.75) is 19.4 Å². The molecule has 2 aliphatic rings. The van der Waals surface area contributed by atoms with Crippen molar-refractivity contribution in [3.05, 3.63) is 29.3 Å². The van der Waals surface area contributed by atoms with Crippen LogP contribution >= 0.6 is 24.0 Å². The smallest absolute Gasteiger partial charge is 0.203 e. The van der Waals surface area contributed by atoms with Crippen LogP contribution < -0.4 is 19.5 Å². The molecule has 0 aromatic heterocycles. The van der Waals surface area contributed by atoms with E-state index in [-0.39, 0.29) is 24.0 Å². The molecular weight excluding hydrogens is 523 g/mol. The summed E-state index contributed by atoms with van der Waals surface area (Å²) < 4.78 is 21.8. The molecule has 1 aromatic rings. The van der Waals surface area contributed by atoms with Crippen LogP contribution in [-0.2, 0) is 11.3 Å². The first kappa shape index (κ1) is 26.5. The van der Waals surface area contributed by atoms with Crippen LogP contribution in [0.15, 0.2) is 28.8 Å². The molecule has 2 heterocycles. The third-order valence-electron chi connectivity index (χ3n) is 5.80. The zero-order valence-corrected chi connectivity index (χ0v) is 22.0. The van der Waals surface area contributed by atoms with Crippen LogP contribution in [0.3, 0.4) is 0 Å². The Balaban J connectivity index is 0.00000363. The largest absolute Gasteiger partial charge is 0.493 e. The zero-order valence-electron chi connectivity index (χ0n) is 19.7. The van der Waals surface area contributed by atoms with Crippen LogP contribution in [0, 0.1) is 0 Å². The highest BCUT2D eigenvalue weighted by molar-refractivity contribution is 14.0. The number of hydrogen-bond donors (Lipinski definition) is 1. The van der Waals surface area contributed by atoms with E-state index in [0.717, 1.165) is 76.8 Å². The van der Waals surface area contributed by atoms with Gasteiger partial charge in [0.1, 0.15) is 0 Å². The highest BCUT2D eigenvalue weighted by atomic mass is 127. The lowest BCUT2D eigenvalue weighted by atomic mass is 10.1. The van der Waals surface area contributed by atoms with Gasteiger partial charge in [-0.2, -0.15) is 0 Å². The van der Waals surface area contributed by atoms with E-state index in [9.17, 15) is 0 Å². The summed E-state index contributed by atoms with van der Waals surface area (Å²) >= 11 is 0. The lowest BCUT2D eigenvalue weighted by Gasteiger charge is -2.36. The molecule has 32 heavy (non-hydrogen) atoms. The fourth-order valence-electron chi connectivity index (χ4n) is 4.06. The van der Waals surface area contributed by atoms with Gasteiger partial charge in [0.2, 0.25) is 5.75 Å². The molecule has 180 valence electrons. The molecule has 0 aliphatic carbocycles. The number of benzene rings is 1. The van der Waals surface area contributed by atoms with E-state index >= 15 is 0 Å². The van der Waals surface area contributed by atoms with Crippen molar-refractivity contribution in [2.24, 2.45) is 4.99 Å². The first-order valence-electron chi connectivity index (χ1n) is 10.9. The molecule has 1 N–H and O–H groups in total. The lowest BCUT2D eigenvalue weighted by Crippen LogP contribution is -2.52. The molecule has 2 aliphatic heterocycles. The summed E-state index contributed by atoms with van der Waals surface area (Å²) in [5.74, 6) is 3.00. The fraction of sp³-hybridized carbons (Fsp3) is 0.609. The van der Waals surface area contributed by atoms with Gasteiger partial charge in [0.15, 0.2) is 17.5 Å². The van der Waals surface area contributed by atoms with E-state index in [1.807, 2.05) is 19.2 Å². The standard InChI is InChI=1S/C23H36N4O4.HI/c1-24-23(25-8-5-18-6-13-31-14-7-18)27-11-9-26(10-12-27)17-19-15-20(28-2)22(30-4)21(16-19)29-3;/h6,15-16H,5,7-14,17H2,1-4H3,(H,24,25);1H. The molecule has 3 rings (SSSR count). The van der Waals surface area contributed by atoms with E-state index < -0.39 is 0 Å². The van der Waals surface area contributed by atoms with Gasteiger partial charge in [0.05, 0.1) is 34.5 Å². The lowest BCUT2D eigenvalue weighted by molar-refractivity contribution is 0.153. The van der Waals surface area contributed by atoms with Crippen LogP contribution in [0.1, 0.15) is 18.4 Å². The molecule has 0 amide bonds. The Morgan fingerprint density at radius 3 is 2.28 bits per heavy atom. The number of nitrogens with zero attached hydrogens (tertiary/aromatic N) is 3. The average Bonchev–Trinajstić information content (AvgIpc) is 2.82. The van der Waals surface area contributed by atoms with E-state index in [1.165, 1.54) is 5.57 Å². The minimum Gasteiger partial charge on any atom is -0.493 e. The summed E-state index contributed by atoms with van der Waals surface area (Å²) in [4.78, 5) is 9.27. The Labute approximate surface area is 208 Å². The van der Waals surface area contributed by atoms with Crippen molar-refractivity contribution in [1.29, 1.82) is 0 Å². The number of guanidine groups is 1. The number of hydrogen-bond acceptors (Lipinski definition) is 6. The van der Waals surface area contributed by atoms with Crippen molar-refractivity contribution >= 4 is 29.9 Å². The van der Waals surface area contributed by atoms with Gasteiger partial charge in [-0.25, -0.2) is 0 Å².